The summed E-state index contributed by atoms with van der Waals surface area (Å²) in [6.45, 7) is 5.15. The lowest BCUT2D eigenvalue weighted by Gasteiger charge is -2.17. The highest BCUT2D eigenvalue weighted by Crippen LogP contribution is 2.33. The van der Waals surface area contributed by atoms with Gasteiger partial charge in [-0.15, -0.1) is 0 Å². The highest BCUT2D eigenvalue weighted by Gasteiger charge is 2.22. The van der Waals surface area contributed by atoms with Crippen molar-refractivity contribution in [1.29, 1.82) is 0 Å². The van der Waals surface area contributed by atoms with Crippen molar-refractivity contribution in [2.45, 2.75) is 50.9 Å². The fourth-order valence-electron chi connectivity index (χ4n) is 3.86. The zero-order valence-corrected chi connectivity index (χ0v) is 21.0. The van der Waals surface area contributed by atoms with E-state index in [4.69, 9.17) is 18.9 Å². The molecule has 0 aliphatic heterocycles. The smallest absolute Gasteiger partial charge is 0.195 e. The van der Waals surface area contributed by atoms with Gasteiger partial charge in [-0.1, -0.05) is 44.8 Å². The number of hydrogen-bond acceptors (Lipinski definition) is 6. The van der Waals surface area contributed by atoms with E-state index in [0.29, 0.717) is 40.7 Å². The maximum absolute atomic E-state index is 12.9. The van der Waals surface area contributed by atoms with E-state index in [9.17, 15) is 9.90 Å². The minimum atomic E-state index is -1.33. The molecule has 7 heteroatoms. The number of benzene rings is 2. The first-order valence-corrected chi connectivity index (χ1v) is 13.7. The third-order valence-corrected chi connectivity index (χ3v) is 9.44. The molecule has 0 bridgehead atoms. The normalized spacial score (nSPS) is 11.8. The summed E-state index contributed by atoms with van der Waals surface area (Å²) in [5, 5.41) is 10.7. The highest BCUT2D eigenvalue weighted by molar-refractivity contribution is 6.58. The number of ether oxygens (including phenoxy) is 4. The summed E-state index contributed by atoms with van der Waals surface area (Å²) in [6.07, 6.45) is 1.14. The van der Waals surface area contributed by atoms with Crippen LogP contribution >= 0.6 is 0 Å². The standard InChI is InChI=1S/C25H36O6Si/c1-6-13-32(14-7-2)15-12-31-21-11-9-19(17-23(21)30-5)25(27)24(26)18-8-10-20(28-3)22(16-18)29-4/h8-11,16-17,25,27,32H,6-7,12-15H2,1-5H3. The highest BCUT2D eigenvalue weighted by atomic mass is 28.3. The number of Topliss-reactive ketones (excluding diaryl/α,β-unsaturated/α-hetero) is 1. The summed E-state index contributed by atoms with van der Waals surface area (Å²) in [7, 11) is 3.83. The predicted octanol–water partition coefficient (Wildman–Crippen LogP) is 5.05. The third-order valence-electron chi connectivity index (χ3n) is 5.60. The molecule has 0 aliphatic carbocycles. The van der Waals surface area contributed by atoms with Crippen molar-refractivity contribution in [3.8, 4) is 23.0 Å². The third kappa shape index (κ3) is 6.74. The van der Waals surface area contributed by atoms with Gasteiger partial charge < -0.3 is 24.1 Å². The molecule has 6 nitrogen and oxygen atoms in total. The van der Waals surface area contributed by atoms with Gasteiger partial charge in [0.25, 0.3) is 0 Å². The van der Waals surface area contributed by atoms with Gasteiger partial charge in [-0.2, -0.15) is 0 Å². The summed E-state index contributed by atoms with van der Waals surface area (Å²) >= 11 is 0. The van der Waals surface area contributed by atoms with E-state index >= 15 is 0 Å². The van der Waals surface area contributed by atoms with E-state index in [2.05, 4.69) is 13.8 Å². The molecule has 176 valence electrons. The molecule has 0 heterocycles. The molecule has 0 aromatic heterocycles. The average molecular weight is 461 g/mol. The second kappa shape index (κ2) is 13.1. The van der Waals surface area contributed by atoms with E-state index in [0.717, 1.165) is 6.04 Å². The molecule has 0 amide bonds. The predicted molar refractivity (Wildman–Crippen MR) is 129 cm³/mol. The Morgan fingerprint density at radius 3 is 2.03 bits per heavy atom. The summed E-state index contributed by atoms with van der Waals surface area (Å²) in [5.74, 6) is 1.65. The van der Waals surface area contributed by atoms with Gasteiger partial charge >= 0.3 is 0 Å². The Morgan fingerprint density at radius 1 is 0.844 bits per heavy atom. The second-order valence-electron chi connectivity index (χ2n) is 7.83. The minimum Gasteiger partial charge on any atom is -0.493 e. The number of methoxy groups -OCH3 is 3. The molecule has 0 radical (unpaired) electrons. The SMILES string of the molecule is CCC[SiH](CCC)CCOc1ccc(C(O)C(=O)c2ccc(OC)c(OC)c2)cc1OC. The van der Waals surface area contributed by atoms with Crippen LogP contribution in [0.5, 0.6) is 23.0 Å². The van der Waals surface area contributed by atoms with E-state index in [1.807, 2.05) is 0 Å². The fourth-order valence-corrected chi connectivity index (χ4v) is 6.81. The second-order valence-corrected chi connectivity index (χ2v) is 11.3. The van der Waals surface area contributed by atoms with Crippen LogP contribution in [0.1, 0.15) is 48.7 Å². The molecular weight excluding hydrogens is 424 g/mol. The zero-order chi connectivity index (χ0) is 23.5. The minimum absolute atomic E-state index is 0.331. The van der Waals surface area contributed by atoms with Crippen molar-refractivity contribution in [2.24, 2.45) is 0 Å². The number of aliphatic hydroxyl groups is 1. The van der Waals surface area contributed by atoms with Crippen molar-refractivity contribution in [1.82, 2.24) is 0 Å². The first-order chi connectivity index (χ1) is 15.5. The van der Waals surface area contributed by atoms with Crippen molar-refractivity contribution in [3.63, 3.8) is 0 Å². The number of rotatable bonds is 14. The molecule has 0 saturated heterocycles. The summed E-state index contributed by atoms with van der Waals surface area (Å²) in [4.78, 5) is 12.9. The number of aliphatic hydroxyl groups excluding tert-OH is 1. The van der Waals surface area contributed by atoms with Gasteiger partial charge in [0.15, 0.2) is 28.8 Å². The van der Waals surface area contributed by atoms with Crippen LogP contribution in [0, 0.1) is 0 Å². The lowest BCUT2D eigenvalue weighted by Crippen LogP contribution is -2.16. The Bertz CT molecular complexity index is 864. The number of hydrogen-bond donors (Lipinski definition) is 1. The van der Waals surface area contributed by atoms with Crippen LogP contribution in [0.3, 0.4) is 0 Å². The molecule has 0 spiro atoms. The molecule has 0 fully saturated rings. The molecule has 1 N–H and O–H groups in total. The van der Waals surface area contributed by atoms with Gasteiger partial charge in [0.1, 0.15) is 6.10 Å². The Hall–Kier alpha value is -2.51. The summed E-state index contributed by atoms with van der Waals surface area (Å²) in [6, 6.07) is 13.8. The molecule has 1 unspecified atom stereocenters. The molecule has 2 rings (SSSR count). The van der Waals surface area contributed by atoms with Crippen molar-refractivity contribution < 1.29 is 28.8 Å². The van der Waals surface area contributed by atoms with Crippen LogP contribution in [0.25, 0.3) is 0 Å². The van der Waals surface area contributed by atoms with E-state index < -0.39 is 20.7 Å². The van der Waals surface area contributed by atoms with Crippen LogP contribution in [0.4, 0.5) is 0 Å². The monoisotopic (exact) mass is 460 g/mol. The first-order valence-electron chi connectivity index (χ1n) is 11.2. The summed E-state index contributed by atoms with van der Waals surface area (Å²) < 4.78 is 21.9. The first kappa shape index (κ1) is 25.7. The Labute approximate surface area is 193 Å². The quantitative estimate of drug-likeness (QED) is 0.314. The van der Waals surface area contributed by atoms with E-state index in [1.54, 1.807) is 43.5 Å². The molecule has 1 atom stereocenters. The van der Waals surface area contributed by atoms with Gasteiger partial charge in [-0.05, 0) is 41.9 Å². The molecule has 0 aliphatic rings. The molecule has 32 heavy (non-hydrogen) atoms. The average Bonchev–Trinajstić information content (AvgIpc) is 2.82. The lowest BCUT2D eigenvalue weighted by atomic mass is 9.99. The topological polar surface area (TPSA) is 74.2 Å². The Morgan fingerprint density at radius 2 is 1.44 bits per heavy atom. The van der Waals surface area contributed by atoms with Gasteiger partial charge in [0.05, 0.1) is 27.9 Å². The fraction of sp³-hybridized carbons (Fsp3) is 0.480. The number of ketones is 1. The van der Waals surface area contributed by atoms with Crippen LogP contribution in [-0.2, 0) is 0 Å². The van der Waals surface area contributed by atoms with Crippen LogP contribution in [-0.4, -0.2) is 47.6 Å². The Balaban J connectivity index is 2.11. The molecule has 0 saturated carbocycles. The van der Waals surface area contributed by atoms with Crippen LogP contribution < -0.4 is 18.9 Å². The van der Waals surface area contributed by atoms with E-state index in [1.165, 1.54) is 39.1 Å². The maximum Gasteiger partial charge on any atom is 0.195 e. The zero-order valence-electron chi connectivity index (χ0n) is 19.8. The largest absolute Gasteiger partial charge is 0.493 e. The molecular formula is C25H36O6Si. The van der Waals surface area contributed by atoms with Gasteiger partial charge in [0.2, 0.25) is 0 Å². The number of carbonyl (C=O) groups excluding carboxylic acids is 1. The Kier molecular flexibility index (Phi) is 10.6. The van der Waals surface area contributed by atoms with Gasteiger partial charge in [0, 0.05) is 14.4 Å². The molecule has 2 aromatic rings. The maximum atomic E-state index is 12.9. The van der Waals surface area contributed by atoms with Crippen molar-refractivity contribution >= 4 is 14.6 Å². The van der Waals surface area contributed by atoms with Crippen molar-refractivity contribution in [3.05, 3.63) is 47.5 Å². The molecule has 2 aromatic carbocycles. The van der Waals surface area contributed by atoms with Crippen molar-refractivity contribution in [2.75, 3.05) is 27.9 Å². The summed E-state index contributed by atoms with van der Waals surface area (Å²) in [5.41, 5.74) is 0.774. The van der Waals surface area contributed by atoms with Gasteiger partial charge in [-0.25, -0.2) is 0 Å². The van der Waals surface area contributed by atoms with E-state index in [-0.39, 0.29) is 0 Å². The lowest BCUT2D eigenvalue weighted by molar-refractivity contribution is 0.0746. The van der Waals surface area contributed by atoms with Crippen LogP contribution in [0.2, 0.25) is 18.1 Å². The van der Waals surface area contributed by atoms with Gasteiger partial charge in [-0.3, -0.25) is 4.79 Å². The van der Waals surface area contributed by atoms with Crippen LogP contribution in [0.15, 0.2) is 36.4 Å². The number of carbonyl (C=O) groups is 1.